The third kappa shape index (κ3) is 3.83. The van der Waals surface area contributed by atoms with Crippen LogP contribution in [0.15, 0.2) is 59.5 Å². The van der Waals surface area contributed by atoms with Crippen molar-refractivity contribution in [2.45, 2.75) is 31.1 Å². The molecule has 0 aliphatic carbocycles. The molecule has 1 unspecified atom stereocenters. The molecule has 1 atom stereocenters. The Morgan fingerprint density at radius 3 is 2.14 bits per heavy atom. The lowest BCUT2D eigenvalue weighted by atomic mass is 9.94. The van der Waals surface area contributed by atoms with E-state index >= 15 is 0 Å². The molecule has 2 aromatic rings. The van der Waals surface area contributed by atoms with Gasteiger partial charge in [0.1, 0.15) is 5.78 Å². The molecular formula is C18H20O3S. The Kier molecular flexibility index (Phi) is 5.14. The van der Waals surface area contributed by atoms with Crippen LogP contribution in [-0.4, -0.2) is 20.0 Å². The number of carbonyl (C=O) groups excluding carboxylic acids is 1. The highest BCUT2D eigenvalue weighted by Crippen LogP contribution is 2.24. The third-order valence-corrected chi connectivity index (χ3v) is 5.47. The first kappa shape index (κ1) is 16.4. The Labute approximate surface area is 131 Å². The summed E-state index contributed by atoms with van der Waals surface area (Å²) in [6.45, 7) is 3.72. The van der Waals surface area contributed by atoms with Crippen molar-refractivity contribution in [3.05, 3.63) is 65.7 Å². The van der Waals surface area contributed by atoms with E-state index in [2.05, 4.69) is 0 Å². The lowest BCUT2D eigenvalue weighted by molar-refractivity contribution is -0.119. The van der Waals surface area contributed by atoms with Gasteiger partial charge in [0.25, 0.3) is 0 Å². The zero-order valence-electron chi connectivity index (χ0n) is 12.8. The van der Waals surface area contributed by atoms with Crippen molar-refractivity contribution >= 4 is 15.6 Å². The minimum atomic E-state index is -3.49. The molecule has 0 fully saturated rings. The van der Waals surface area contributed by atoms with Crippen LogP contribution in [-0.2, 0) is 14.6 Å². The minimum absolute atomic E-state index is 0.0524. The van der Waals surface area contributed by atoms with Gasteiger partial charge in [-0.05, 0) is 24.6 Å². The molecule has 0 spiro atoms. The van der Waals surface area contributed by atoms with Gasteiger partial charge in [-0.15, -0.1) is 0 Å². The Bertz CT molecular complexity index is 732. The van der Waals surface area contributed by atoms with Crippen molar-refractivity contribution in [1.29, 1.82) is 0 Å². The number of aryl methyl sites for hydroxylation is 1. The Morgan fingerprint density at radius 1 is 1.00 bits per heavy atom. The first-order valence-corrected chi connectivity index (χ1v) is 8.96. The maximum absolute atomic E-state index is 12.6. The van der Waals surface area contributed by atoms with Crippen LogP contribution in [0.25, 0.3) is 0 Å². The van der Waals surface area contributed by atoms with Gasteiger partial charge in [0.05, 0.1) is 16.6 Å². The molecule has 0 aliphatic heterocycles. The molecule has 0 heterocycles. The highest BCUT2D eigenvalue weighted by molar-refractivity contribution is 7.91. The number of Topliss-reactive ketones (excluding diaryl/α,β-unsaturated/α-hetero) is 1. The van der Waals surface area contributed by atoms with Crippen LogP contribution >= 0.6 is 0 Å². The van der Waals surface area contributed by atoms with Crippen molar-refractivity contribution in [3.63, 3.8) is 0 Å². The van der Waals surface area contributed by atoms with E-state index in [0.29, 0.717) is 6.42 Å². The van der Waals surface area contributed by atoms with E-state index in [1.54, 1.807) is 37.3 Å². The van der Waals surface area contributed by atoms with Crippen molar-refractivity contribution < 1.29 is 13.2 Å². The summed E-state index contributed by atoms with van der Waals surface area (Å²) in [6, 6.07) is 15.8. The van der Waals surface area contributed by atoms with Crippen LogP contribution in [0.5, 0.6) is 0 Å². The summed E-state index contributed by atoms with van der Waals surface area (Å²) < 4.78 is 25.1. The number of hydrogen-bond donors (Lipinski definition) is 0. The molecule has 2 aromatic carbocycles. The number of ketones is 1. The average molecular weight is 316 g/mol. The second kappa shape index (κ2) is 6.88. The van der Waals surface area contributed by atoms with Gasteiger partial charge in [0.2, 0.25) is 0 Å². The van der Waals surface area contributed by atoms with Crippen LogP contribution in [0.4, 0.5) is 0 Å². The van der Waals surface area contributed by atoms with E-state index < -0.39 is 15.8 Å². The van der Waals surface area contributed by atoms with E-state index in [1.165, 1.54) is 0 Å². The number of benzene rings is 2. The Balaban J connectivity index is 2.35. The van der Waals surface area contributed by atoms with Crippen molar-refractivity contribution in [2.75, 3.05) is 5.75 Å². The number of sulfone groups is 1. The molecule has 4 heteroatoms. The van der Waals surface area contributed by atoms with Gasteiger partial charge < -0.3 is 0 Å². The summed E-state index contributed by atoms with van der Waals surface area (Å²) in [4.78, 5) is 12.5. The predicted molar refractivity (Wildman–Crippen MR) is 87.7 cm³/mol. The fourth-order valence-corrected chi connectivity index (χ4v) is 3.95. The third-order valence-electron chi connectivity index (χ3n) is 3.71. The normalized spacial score (nSPS) is 12.8. The van der Waals surface area contributed by atoms with E-state index in [9.17, 15) is 13.2 Å². The van der Waals surface area contributed by atoms with Crippen LogP contribution in [0.1, 0.15) is 30.4 Å². The zero-order valence-corrected chi connectivity index (χ0v) is 13.6. The molecule has 0 bridgehead atoms. The van der Waals surface area contributed by atoms with Crippen LogP contribution in [0.3, 0.4) is 0 Å². The fraction of sp³-hybridized carbons (Fsp3) is 0.278. The molecule has 3 nitrogen and oxygen atoms in total. The summed E-state index contributed by atoms with van der Waals surface area (Å²) in [6.07, 6.45) is 0.322. The van der Waals surface area contributed by atoms with Gasteiger partial charge in [0.15, 0.2) is 9.84 Å². The Morgan fingerprint density at radius 2 is 1.59 bits per heavy atom. The standard InChI is InChI=1S/C18H20O3S/c1-3-18(19)17(15-11-9-14(2)10-12-15)13-22(20,21)16-7-5-4-6-8-16/h4-12,17H,3,13H2,1-2H3. The average Bonchev–Trinajstić information content (AvgIpc) is 2.54. The lowest BCUT2D eigenvalue weighted by Crippen LogP contribution is -2.22. The summed E-state index contributed by atoms with van der Waals surface area (Å²) in [7, 11) is -3.49. The summed E-state index contributed by atoms with van der Waals surface area (Å²) >= 11 is 0. The quantitative estimate of drug-likeness (QED) is 0.819. The maximum Gasteiger partial charge on any atom is 0.179 e. The van der Waals surface area contributed by atoms with E-state index in [0.717, 1.165) is 11.1 Å². The second-order valence-corrected chi connectivity index (χ2v) is 7.41. The summed E-state index contributed by atoms with van der Waals surface area (Å²) in [5.74, 6) is -0.855. The topological polar surface area (TPSA) is 51.2 Å². The molecule has 22 heavy (non-hydrogen) atoms. The SMILES string of the molecule is CCC(=O)C(CS(=O)(=O)c1ccccc1)c1ccc(C)cc1. The van der Waals surface area contributed by atoms with Gasteiger partial charge in [0, 0.05) is 6.42 Å². The predicted octanol–water partition coefficient (Wildman–Crippen LogP) is 3.53. The first-order chi connectivity index (χ1) is 10.4. The number of carbonyl (C=O) groups is 1. The van der Waals surface area contributed by atoms with Crippen molar-refractivity contribution in [2.24, 2.45) is 0 Å². The second-order valence-electron chi connectivity index (χ2n) is 5.38. The molecule has 0 radical (unpaired) electrons. The largest absolute Gasteiger partial charge is 0.299 e. The highest BCUT2D eigenvalue weighted by Gasteiger charge is 2.27. The van der Waals surface area contributed by atoms with E-state index in [1.807, 2.05) is 31.2 Å². The van der Waals surface area contributed by atoms with Crippen LogP contribution in [0.2, 0.25) is 0 Å². The van der Waals surface area contributed by atoms with Gasteiger partial charge in [-0.25, -0.2) is 8.42 Å². The van der Waals surface area contributed by atoms with Gasteiger partial charge >= 0.3 is 0 Å². The van der Waals surface area contributed by atoms with Gasteiger partial charge in [-0.1, -0.05) is 55.0 Å². The summed E-state index contributed by atoms with van der Waals surface area (Å²) in [5, 5.41) is 0. The van der Waals surface area contributed by atoms with Crippen LogP contribution < -0.4 is 0 Å². The molecule has 0 N–H and O–H groups in total. The molecule has 2 rings (SSSR count). The van der Waals surface area contributed by atoms with E-state index in [4.69, 9.17) is 0 Å². The van der Waals surface area contributed by atoms with Gasteiger partial charge in [-0.3, -0.25) is 4.79 Å². The first-order valence-electron chi connectivity index (χ1n) is 7.31. The summed E-state index contributed by atoms with van der Waals surface area (Å²) in [5.41, 5.74) is 1.84. The maximum atomic E-state index is 12.6. The fourth-order valence-electron chi connectivity index (χ4n) is 2.36. The molecule has 0 saturated carbocycles. The zero-order chi connectivity index (χ0) is 16.2. The van der Waals surface area contributed by atoms with Crippen molar-refractivity contribution in [3.8, 4) is 0 Å². The van der Waals surface area contributed by atoms with Crippen LogP contribution in [0, 0.1) is 6.92 Å². The molecule has 0 amide bonds. The monoisotopic (exact) mass is 316 g/mol. The van der Waals surface area contributed by atoms with Gasteiger partial charge in [-0.2, -0.15) is 0 Å². The number of rotatable bonds is 6. The molecule has 0 saturated heterocycles. The molecule has 0 aliphatic rings. The number of hydrogen-bond acceptors (Lipinski definition) is 3. The van der Waals surface area contributed by atoms with E-state index in [-0.39, 0.29) is 16.4 Å². The lowest BCUT2D eigenvalue weighted by Gasteiger charge is -2.16. The minimum Gasteiger partial charge on any atom is -0.299 e. The molecule has 116 valence electrons. The highest BCUT2D eigenvalue weighted by atomic mass is 32.2. The molecular weight excluding hydrogens is 296 g/mol. The Hall–Kier alpha value is -1.94. The van der Waals surface area contributed by atoms with Crippen molar-refractivity contribution in [1.82, 2.24) is 0 Å². The molecule has 0 aromatic heterocycles. The smallest absolute Gasteiger partial charge is 0.179 e.